The lowest BCUT2D eigenvalue weighted by molar-refractivity contribution is -0.114. The van der Waals surface area contributed by atoms with Gasteiger partial charge in [0.15, 0.2) is 0 Å². The minimum atomic E-state index is -0.1000. The minimum absolute atomic E-state index is 0.0658. The molecule has 2 aliphatic carbocycles. The first kappa shape index (κ1) is 24.3. The van der Waals surface area contributed by atoms with E-state index in [0.717, 1.165) is 66.9 Å². The Bertz CT molecular complexity index is 1220. The molecule has 0 aliphatic heterocycles. The maximum atomic E-state index is 13.0. The molecule has 2 aliphatic rings. The van der Waals surface area contributed by atoms with E-state index >= 15 is 0 Å². The summed E-state index contributed by atoms with van der Waals surface area (Å²) in [4.78, 5) is 29.4. The van der Waals surface area contributed by atoms with Crippen LogP contribution in [0.1, 0.15) is 75.1 Å². The van der Waals surface area contributed by atoms with Gasteiger partial charge in [-0.2, -0.15) is 0 Å². The number of carbonyl (C=O) groups is 2. The molecule has 0 atom stereocenters. The average Bonchev–Trinajstić information content (AvgIpc) is 3.23. The zero-order valence-corrected chi connectivity index (χ0v) is 20.9. The molecule has 0 bridgehead atoms. The third-order valence-electron chi connectivity index (χ3n) is 7.42. The molecule has 2 amide bonds. The zero-order chi connectivity index (χ0) is 25.1. The fraction of sp³-hybridized carbons (Fsp3) is 0.464. The minimum Gasteiger partial charge on any atom is -0.367 e. The van der Waals surface area contributed by atoms with Gasteiger partial charge in [0, 0.05) is 48.1 Å². The van der Waals surface area contributed by atoms with E-state index in [-0.39, 0.29) is 23.9 Å². The number of hydrogen-bond acceptors (Lipinski definition) is 5. The fourth-order valence-electron chi connectivity index (χ4n) is 5.41. The number of rotatable bonds is 6. The molecular formula is C28H36N6O2. The van der Waals surface area contributed by atoms with Crippen molar-refractivity contribution in [2.24, 2.45) is 5.73 Å². The van der Waals surface area contributed by atoms with Gasteiger partial charge >= 0.3 is 0 Å². The van der Waals surface area contributed by atoms with Gasteiger partial charge in [-0.25, -0.2) is 4.98 Å². The molecular weight excluding hydrogens is 452 g/mol. The molecule has 2 aromatic heterocycles. The molecule has 5 rings (SSSR count). The fourth-order valence-corrected chi connectivity index (χ4v) is 5.41. The lowest BCUT2D eigenvalue weighted by Gasteiger charge is -2.26. The number of nitrogens with two attached hydrogens (primary N) is 1. The third kappa shape index (κ3) is 5.54. The largest absolute Gasteiger partial charge is 0.367 e. The first-order valence-electron chi connectivity index (χ1n) is 13.2. The van der Waals surface area contributed by atoms with Crippen molar-refractivity contribution in [1.29, 1.82) is 0 Å². The van der Waals surface area contributed by atoms with Gasteiger partial charge < -0.3 is 21.7 Å². The van der Waals surface area contributed by atoms with Crippen molar-refractivity contribution in [1.82, 2.24) is 14.7 Å². The van der Waals surface area contributed by atoms with Crippen LogP contribution in [0.15, 0.2) is 42.6 Å². The van der Waals surface area contributed by atoms with Crippen LogP contribution in [0, 0.1) is 0 Å². The molecule has 36 heavy (non-hydrogen) atoms. The van der Waals surface area contributed by atoms with Crippen molar-refractivity contribution < 1.29 is 9.59 Å². The number of imidazole rings is 1. The van der Waals surface area contributed by atoms with Crippen LogP contribution in [0.5, 0.6) is 0 Å². The molecule has 0 radical (unpaired) electrons. The zero-order valence-electron chi connectivity index (χ0n) is 20.9. The van der Waals surface area contributed by atoms with E-state index in [1.54, 1.807) is 0 Å². The van der Waals surface area contributed by atoms with E-state index < -0.39 is 0 Å². The van der Waals surface area contributed by atoms with Crippen molar-refractivity contribution in [3.63, 3.8) is 0 Å². The summed E-state index contributed by atoms with van der Waals surface area (Å²) in [5, 5.41) is 9.75. The van der Waals surface area contributed by atoms with Crippen molar-refractivity contribution in [2.45, 2.75) is 82.8 Å². The van der Waals surface area contributed by atoms with Gasteiger partial charge in [0.2, 0.25) is 5.91 Å². The highest BCUT2D eigenvalue weighted by atomic mass is 16.2. The second-order valence-electron chi connectivity index (χ2n) is 10.3. The van der Waals surface area contributed by atoms with E-state index in [2.05, 4.69) is 16.0 Å². The molecule has 0 unspecified atom stereocenters. The number of hydrogen-bond donors (Lipinski definition) is 4. The van der Waals surface area contributed by atoms with Gasteiger partial charge in [0.05, 0.1) is 0 Å². The van der Waals surface area contributed by atoms with Crippen LogP contribution >= 0.6 is 0 Å². The van der Waals surface area contributed by atoms with E-state index in [9.17, 15) is 9.59 Å². The summed E-state index contributed by atoms with van der Waals surface area (Å²) in [5.74, 6) is 0.776. The molecule has 190 valence electrons. The molecule has 2 heterocycles. The number of anilines is 2. The summed E-state index contributed by atoms with van der Waals surface area (Å²) in [5.41, 5.74) is 9.90. The standard InChI is InChI=1S/C28H36N6O2/c1-18(35)30-23-11-7-19(8-12-23)26-27(31-22-5-3-2-4-6-22)34-16-15-20(17-25(34)33-26)28(36)32-24-13-9-21(29)10-14-24/h7-8,11-12,15-17,21-22,24,31H,2-6,9-10,13-14,29H2,1H3,(H,30,35)(H,32,36). The van der Waals surface area contributed by atoms with Gasteiger partial charge in [-0.1, -0.05) is 31.4 Å². The van der Waals surface area contributed by atoms with Crippen LogP contribution in [0.4, 0.5) is 11.5 Å². The summed E-state index contributed by atoms with van der Waals surface area (Å²) in [6.45, 7) is 1.50. The first-order valence-corrected chi connectivity index (χ1v) is 13.2. The highest BCUT2D eigenvalue weighted by Crippen LogP contribution is 2.32. The molecule has 8 heteroatoms. The molecule has 2 fully saturated rings. The average molecular weight is 489 g/mol. The second kappa shape index (κ2) is 10.7. The maximum Gasteiger partial charge on any atom is 0.251 e. The SMILES string of the molecule is CC(=O)Nc1ccc(-c2nc3cc(C(=O)NC4CCC(N)CC4)ccn3c2NC2CCCCC2)cc1. The quantitative estimate of drug-likeness (QED) is 0.402. The Hall–Kier alpha value is -3.39. The molecule has 0 spiro atoms. The highest BCUT2D eigenvalue weighted by Gasteiger charge is 2.23. The van der Waals surface area contributed by atoms with Crippen LogP contribution < -0.4 is 21.7 Å². The number of aromatic nitrogens is 2. The van der Waals surface area contributed by atoms with Crippen molar-refractivity contribution >= 4 is 29.0 Å². The molecule has 5 N–H and O–H groups in total. The number of carbonyl (C=O) groups excluding carboxylic acids is 2. The number of amides is 2. The Morgan fingerprint density at radius 1 is 0.944 bits per heavy atom. The van der Waals surface area contributed by atoms with Gasteiger partial charge in [0.1, 0.15) is 17.2 Å². The Labute approximate surface area is 212 Å². The third-order valence-corrected chi connectivity index (χ3v) is 7.42. The Morgan fingerprint density at radius 3 is 2.36 bits per heavy atom. The van der Waals surface area contributed by atoms with Gasteiger partial charge in [-0.05, 0) is 62.8 Å². The molecule has 2 saturated carbocycles. The predicted molar refractivity (Wildman–Crippen MR) is 143 cm³/mol. The number of nitrogens with one attached hydrogen (secondary N) is 3. The topological polar surface area (TPSA) is 114 Å². The summed E-state index contributed by atoms with van der Waals surface area (Å²) in [6.07, 6.45) is 11.7. The van der Waals surface area contributed by atoms with Gasteiger partial charge in [-0.15, -0.1) is 0 Å². The van der Waals surface area contributed by atoms with Crippen LogP contribution in [-0.2, 0) is 4.79 Å². The van der Waals surface area contributed by atoms with E-state index in [1.807, 2.05) is 47.0 Å². The van der Waals surface area contributed by atoms with Crippen LogP contribution in [0.25, 0.3) is 16.9 Å². The summed E-state index contributed by atoms with van der Waals surface area (Å²) < 4.78 is 2.04. The number of fused-ring (bicyclic) bond motifs is 1. The van der Waals surface area contributed by atoms with E-state index in [0.29, 0.717) is 11.6 Å². The van der Waals surface area contributed by atoms with Gasteiger partial charge in [-0.3, -0.25) is 14.0 Å². The molecule has 8 nitrogen and oxygen atoms in total. The molecule has 1 aromatic carbocycles. The van der Waals surface area contributed by atoms with Crippen molar-refractivity contribution in [2.75, 3.05) is 10.6 Å². The Kier molecular flexibility index (Phi) is 7.23. The first-order chi connectivity index (χ1) is 17.5. The Morgan fingerprint density at radius 2 is 1.67 bits per heavy atom. The van der Waals surface area contributed by atoms with E-state index in [1.165, 1.54) is 26.2 Å². The van der Waals surface area contributed by atoms with Crippen molar-refractivity contribution in [3.8, 4) is 11.3 Å². The lowest BCUT2D eigenvalue weighted by Crippen LogP contribution is -2.40. The van der Waals surface area contributed by atoms with E-state index in [4.69, 9.17) is 10.7 Å². The second-order valence-corrected chi connectivity index (χ2v) is 10.3. The van der Waals surface area contributed by atoms with Crippen LogP contribution in [0.3, 0.4) is 0 Å². The number of pyridine rings is 1. The number of nitrogens with zero attached hydrogens (tertiary/aromatic N) is 2. The van der Waals surface area contributed by atoms with Gasteiger partial charge in [0.25, 0.3) is 5.91 Å². The summed E-state index contributed by atoms with van der Waals surface area (Å²) in [6, 6.07) is 12.3. The molecule has 0 saturated heterocycles. The molecule has 3 aromatic rings. The van der Waals surface area contributed by atoms with Crippen LogP contribution in [-0.4, -0.2) is 39.3 Å². The lowest BCUT2D eigenvalue weighted by atomic mass is 9.91. The normalized spacial score (nSPS) is 20.7. The summed E-state index contributed by atoms with van der Waals surface area (Å²) in [7, 11) is 0. The number of benzene rings is 1. The smallest absolute Gasteiger partial charge is 0.251 e. The highest BCUT2D eigenvalue weighted by molar-refractivity contribution is 5.95. The maximum absolute atomic E-state index is 13.0. The Balaban J connectivity index is 1.44. The monoisotopic (exact) mass is 488 g/mol. The van der Waals surface area contributed by atoms with Crippen LogP contribution in [0.2, 0.25) is 0 Å². The predicted octanol–water partition coefficient (Wildman–Crippen LogP) is 4.70. The summed E-state index contributed by atoms with van der Waals surface area (Å²) >= 11 is 0. The van der Waals surface area contributed by atoms with Crippen molar-refractivity contribution in [3.05, 3.63) is 48.2 Å².